The van der Waals surface area contributed by atoms with Crippen LogP contribution >= 0.6 is 0 Å². The van der Waals surface area contributed by atoms with Crippen molar-refractivity contribution in [3.05, 3.63) is 0 Å². The largest absolute Gasteiger partial charge is 0.405 e. The highest BCUT2D eigenvalue weighted by molar-refractivity contribution is 5.74. The lowest BCUT2D eigenvalue weighted by atomic mass is 10.1. The third kappa shape index (κ3) is 10.7. The van der Waals surface area contributed by atoms with Gasteiger partial charge in [-0.15, -0.1) is 0 Å². The van der Waals surface area contributed by atoms with Gasteiger partial charge < -0.3 is 10.2 Å². The SMILES string of the molecule is CC(C)CCN(CCC(C)C)C(=O)NCC(F)(F)F. The number of urea groups is 1. The summed E-state index contributed by atoms with van der Waals surface area (Å²) >= 11 is 0. The summed E-state index contributed by atoms with van der Waals surface area (Å²) in [5, 5.41) is 1.93. The summed E-state index contributed by atoms with van der Waals surface area (Å²) in [6, 6.07) is -0.626. The fraction of sp³-hybridized carbons (Fsp3) is 0.923. The molecule has 0 aromatic heterocycles. The Morgan fingerprint density at radius 3 is 1.79 bits per heavy atom. The molecular weight excluding hydrogens is 257 g/mol. The molecular formula is C13H25F3N2O. The van der Waals surface area contributed by atoms with E-state index in [1.54, 1.807) is 0 Å². The van der Waals surface area contributed by atoms with Crippen LogP contribution in [0.15, 0.2) is 0 Å². The number of carbonyl (C=O) groups excluding carboxylic acids is 1. The van der Waals surface area contributed by atoms with Crippen LogP contribution in [0.2, 0.25) is 0 Å². The number of carbonyl (C=O) groups is 1. The van der Waals surface area contributed by atoms with Gasteiger partial charge in [0.25, 0.3) is 0 Å². The van der Waals surface area contributed by atoms with Gasteiger partial charge in [0.2, 0.25) is 0 Å². The molecule has 2 amide bonds. The van der Waals surface area contributed by atoms with E-state index < -0.39 is 18.8 Å². The Morgan fingerprint density at radius 2 is 1.47 bits per heavy atom. The summed E-state index contributed by atoms with van der Waals surface area (Å²) in [6.07, 6.45) is -2.79. The van der Waals surface area contributed by atoms with E-state index in [1.165, 1.54) is 4.90 Å². The number of alkyl halides is 3. The van der Waals surface area contributed by atoms with E-state index in [0.29, 0.717) is 24.9 Å². The minimum atomic E-state index is -4.36. The van der Waals surface area contributed by atoms with Crippen molar-refractivity contribution in [2.24, 2.45) is 11.8 Å². The fourth-order valence-electron chi connectivity index (χ4n) is 1.43. The van der Waals surface area contributed by atoms with E-state index in [9.17, 15) is 18.0 Å². The molecule has 0 bridgehead atoms. The third-order valence-electron chi connectivity index (χ3n) is 2.68. The molecule has 0 atom stereocenters. The number of hydrogen-bond acceptors (Lipinski definition) is 1. The fourth-order valence-corrected chi connectivity index (χ4v) is 1.43. The van der Waals surface area contributed by atoms with Crippen LogP contribution in [0.25, 0.3) is 0 Å². The monoisotopic (exact) mass is 282 g/mol. The van der Waals surface area contributed by atoms with Gasteiger partial charge in [0, 0.05) is 13.1 Å². The average Bonchev–Trinajstić information content (AvgIpc) is 2.24. The van der Waals surface area contributed by atoms with Gasteiger partial charge in [-0.3, -0.25) is 0 Å². The van der Waals surface area contributed by atoms with Gasteiger partial charge in [0.15, 0.2) is 0 Å². The number of nitrogens with one attached hydrogen (secondary N) is 1. The van der Waals surface area contributed by atoms with Crippen LogP contribution in [0, 0.1) is 11.8 Å². The summed E-state index contributed by atoms with van der Waals surface area (Å²) in [6.45, 7) is 7.80. The van der Waals surface area contributed by atoms with E-state index in [4.69, 9.17) is 0 Å². The predicted molar refractivity (Wildman–Crippen MR) is 69.9 cm³/mol. The molecule has 0 saturated carbocycles. The van der Waals surface area contributed by atoms with E-state index in [-0.39, 0.29) is 0 Å². The van der Waals surface area contributed by atoms with Crippen LogP contribution in [-0.4, -0.2) is 36.7 Å². The number of halogens is 3. The van der Waals surface area contributed by atoms with Crippen molar-refractivity contribution in [2.45, 2.75) is 46.7 Å². The Hall–Kier alpha value is -0.940. The first-order valence-electron chi connectivity index (χ1n) is 6.71. The van der Waals surface area contributed by atoms with Crippen molar-refractivity contribution in [1.82, 2.24) is 10.2 Å². The lowest BCUT2D eigenvalue weighted by Gasteiger charge is -2.25. The molecule has 114 valence electrons. The van der Waals surface area contributed by atoms with Gasteiger partial charge in [-0.05, 0) is 24.7 Å². The predicted octanol–water partition coefficient (Wildman–Crippen LogP) is 3.65. The average molecular weight is 282 g/mol. The smallest absolute Gasteiger partial charge is 0.329 e. The quantitative estimate of drug-likeness (QED) is 0.759. The highest BCUT2D eigenvalue weighted by atomic mass is 19.4. The van der Waals surface area contributed by atoms with Crippen molar-refractivity contribution in [2.75, 3.05) is 19.6 Å². The van der Waals surface area contributed by atoms with Gasteiger partial charge >= 0.3 is 12.2 Å². The Bertz CT molecular complexity index is 253. The zero-order chi connectivity index (χ0) is 15.1. The molecule has 3 nitrogen and oxygen atoms in total. The molecule has 0 heterocycles. The minimum Gasteiger partial charge on any atom is -0.329 e. The first-order chi connectivity index (χ1) is 8.61. The first kappa shape index (κ1) is 18.1. The highest BCUT2D eigenvalue weighted by Gasteiger charge is 2.28. The summed E-state index contributed by atoms with van der Waals surface area (Å²) in [5.41, 5.74) is 0. The van der Waals surface area contributed by atoms with Crippen LogP contribution in [0.4, 0.5) is 18.0 Å². The minimum absolute atomic E-state index is 0.414. The third-order valence-corrected chi connectivity index (χ3v) is 2.68. The first-order valence-corrected chi connectivity index (χ1v) is 6.71. The van der Waals surface area contributed by atoms with Gasteiger partial charge in [0.05, 0.1) is 0 Å². The molecule has 6 heteroatoms. The van der Waals surface area contributed by atoms with Gasteiger partial charge in [-0.2, -0.15) is 13.2 Å². The molecule has 0 aliphatic rings. The lowest BCUT2D eigenvalue weighted by Crippen LogP contribution is -2.45. The van der Waals surface area contributed by atoms with E-state index in [1.807, 2.05) is 33.0 Å². The second-order valence-corrected chi connectivity index (χ2v) is 5.63. The lowest BCUT2D eigenvalue weighted by molar-refractivity contribution is -0.123. The van der Waals surface area contributed by atoms with Crippen LogP contribution in [0.5, 0.6) is 0 Å². The summed E-state index contributed by atoms with van der Waals surface area (Å²) in [5.74, 6) is 0.828. The van der Waals surface area contributed by atoms with Crippen molar-refractivity contribution >= 4 is 6.03 Å². The summed E-state index contributed by atoms with van der Waals surface area (Å²) < 4.78 is 36.2. The zero-order valence-electron chi connectivity index (χ0n) is 12.2. The maximum Gasteiger partial charge on any atom is 0.405 e. The topological polar surface area (TPSA) is 32.3 Å². The molecule has 0 aromatic carbocycles. The Balaban J connectivity index is 4.32. The maximum absolute atomic E-state index is 12.1. The zero-order valence-corrected chi connectivity index (χ0v) is 12.2. The molecule has 0 saturated heterocycles. The molecule has 1 N–H and O–H groups in total. The van der Waals surface area contributed by atoms with Crippen molar-refractivity contribution < 1.29 is 18.0 Å². The number of rotatable bonds is 7. The number of hydrogen-bond donors (Lipinski definition) is 1. The van der Waals surface area contributed by atoms with Gasteiger partial charge in [-0.1, -0.05) is 27.7 Å². The van der Waals surface area contributed by atoms with Crippen LogP contribution < -0.4 is 5.32 Å². The number of nitrogens with zero attached hydrogens (tertiary/aromatic N) is 1. The maximum atomic E-state index is 12.1. The van der Waals surface area contributed by atoms with Crippen LogP contribution in [-0.2, 0) is 0 Å². The van der Waals surface area contributed by atoms with Crippen molar-refractivity contribution in [3.8, 4) is 0 Å². The molecule has 19 heavy (non-hydrogen) atoms. The molecule has 0 unspecified atom stereocenters. The Labute approximate surface area is 113 Å². The summed E-state index contributed by atoms with van der Waals surface area (Å²) in [4.78, 5) is 13.2. The second kappa shape index (κ2) is 8.27. The van der Waals surface area contributed by atoms with Gasteiger partial charge in [-0.25, -0.2) is 4.79 Å². The molecule has 0 fully saturated rings. The Kier molecular flexibility index (Phi) is 7.87. The van der Waals surface area contributed by atoms with Gasteiger partial charge in [0.1, 0.15) is 6.54 Å². The van der Waals surface area contributed by atoms with Crippen LogP contribution in [0.1, 0.15) is 40.5 Å². The molecule has 0 spiro atoms. The highest BCUT2D eigenvalue weighted by Crippen LogP contribution is 2.13. The summed E-state index contributed by atoms with van der Waals surface area (Å²) in [7, 11) is 0. The van der Waals surface area contributed by atoms with E-state index in [2.05, 4.69) is 0 Å². The van der Waals surface area contributed by atoms with Crippen molar-refractivity contribution in [3.63, 3.8) is 0 Å². The molecule has 0 aromatic rings. The van der Waals surface area contributed by atoms with E-state index in [0.717, 1.165) is 12.8 Å². The molecule has 0 aliphatic carbocycles. The standard InChI is InChI=1S/C13H25F3N2O/c1-10(2)5-7-18(8-6-11(3)4)12(19)17-9-13(14,15)16/h10-11H,5-9H2,1-4H3,(H,17,19). The van der Waals surface area contributed by atoms with Crippen molar-refractivity contribution in [1.29, 1.82) is 0 Å². The molecule has 0 aliphatic heterocycles. The number of amides is 2. The van der Waals surface area contributed by atoms with Crippen LogP contribution in [0.3, 0.4) is 0 Å². The normalized spacial score (nSPS) is 12.1. The van der Waals surface area contributed by atoms with E-state index >= 15 is 0 Å². The Morgan fingerprint density at radius 1 is 1.05 bits per heavy atom. The molecule has 0 radical (unpaired) electrons. The second-order valence-electron chi connectivity index (χ2n) is 5.63. The molecule has 0 rings (SSSR count).